The van der Waals surface area contributed by atoms with Crippen LogP contribution in [0.25, 0.3) is 0 Å². The molecule has 1 aliphatic rings. The van der Waals surface area contributed by atoms with Gasteiger partial charge in [0.05, 0.1) is 17.4 Å². The molecule has 2 rings (SSSR count). The van der Waals surface area contributed by atoms with Crippen LogP contribution in [0.4, 0.5) is 0 Å². The van der Waals surface area contributed by atoms with E-state index in [1.165, 1.54) is 18.5 Å². The molecule has 16 heavy (non-hydrogen) atoms. The number of hydrazine groups is 1. The monoisotopic (exact) mass is 222 g/mol. The van der Waals surface area contributed by atoms with Gasteiger partial charge in [-0.1, -0.05) is 19.8 Å². The van der Waals surface area contributed by atoms with E-state index in [0.717, 1.165) is 31.0 Å². The molecule has 0 aromatic carbocycles. The van der Waals surface area contributed by atoms with E-state index in [2.05, 4.69) is 35.1 Å². The van der Waals surface area contributed by atoms with Crippen LogP contribution < -0.4 is 11.3 Å². The lowest BCUT2D eigenvalue weighted by Crippen LogP contribution is -2.30. The molecule has 4 nitrogen and oxygen atoms in total. The van der Waals surface area contributed by atoms with Crippen LogP contribution in [0.1, 0.15) is 50.5 Å². The summed E-state index contributed by atoms with van der Waals surface area (Å²) >= 11 is 0. The minimum Gasteiger partial charge on any atom is -0.271 e. The second-order valence-corrected chi connectivity index (χ2v) is 4.63. The van der Waals surface area contributed by atoms with Crippen LogP contribution in [0.2, 0.25) is 0 Å². The van der Waals surface area contributed by atoms with Gasteiger partial charge < -0.3 is 0 Å². The van der Waals surface area contributed by atoms with E-state index in [9.17, 15) is 0 Å². The molecule has 1 fully saturated rings. The molecule has 0 saturated heterocycles. The van der Waals surface area contributed by atoms with Gasteiger partial charge in [0.1, 0.15) is 0 Å². The van der Waals surface area contributed by atoms with Gasteiger partial charge >= 0.3 is 0 Å². The van der Waals surface area contributed by atoms with Crippen LogP contribution in [-0.2, 0) is 13.0 Å². The molecule has 1 heterocycles. The van der Waals surface area contributed by atoms with Crippen LogP contribution in [0, 0.1) is 5.92 Å². The average molecular weight is 222 g/mol. The van der Waals surface area contributed by atoms with Crippen molar-refractivity contribution in [2.45, 2.75) is 52.1 Å². The molecular formula is C12H22N4. The summed E-state index contributed by atoms with van der Waals surface area (Å²) in [5.74, 6) is 6.53. The zero-order chi connectivity index (χ0) is 11.5. The lowest BCUT2D eigenvalue weighted by atomic mass is 10.1. The molecule has 1 saturated carbocycles. The number of nitrogens with zero attached hydrogens (tertiary/aromatic N) is 2. The van der Waals surface area contributed by atoms with Crippen molar-refractivity contribution >= 4 is 0 Å². The molecule has 3 N–H and O–H groups in total. The minimum absolute atomic E-state index is 0.264. The Morgan fingerprint density at radius 1 is 1.56 bits per heavy atom. The summed E-state index contributed by atoms with van der Waals surface area (Å²) in [5.41, 5.74) is 5.35. The molecule has 90 valence electrons. The molecule has 1 unspecified atom stereocenters. The van der Waals surface area contributed by atoms with Crippen LogP contribution >= 0.6 is 0 Å². The van der Waals surface area contributed by atoms with E-state index in [1.54, 1.807) is 0 Å². The van der Waals surface area contributed by atoms with Gasteiger partial charge in [-0.25, -0.2) is 0 Å². The van der Waals surface area contributed by atoms with Gasteiger partial charge in [-0.15, -0.1) is 0 Å². The Morgan fingerprint density at radius 3 is 2.81 bits per heavy atom. The summed E-state index contributed by atoms with van der Waals surface area (Å²) in [7, 11) is 0. The highest BCUT2D eigenvalue weighted by Gasteiger charge is 2.27. The van der Waals surface area contributed by atoms with Crippen LogP contribution in [-0.4, -0.2) is 9.78 Å². The Bertz CT molecular complexity index is 341. The van der Waals surface area contributed by atoms with Gasteiger partial charge in [0.25, 0.3) is 0 Å². The average Bonchev–Trinajstić information content (AvgIpc) is 3.03. The van der Waals surface area contributed by atoms with Crippen molar-refractivity contribution in [1.29, 1.82) is 0 Å². The van der Waals surface area contributed by atoms with Crippen molar-refractivity contribution in [1.82, 2.24) is 15.2 Å². The van der Waals surface area contributed by atoms with Crippen molar-refractivity contribution < 1.29 is 0 Å². The quantitative estimate of drug-likeness (QED) is 0.569. The third-order valence-corrected chi connectivity index (χ3v) is 3.35. The Morgan fingerprint density at radius 2 is 2.31 bits per heavy atom. The fraction of sp³-hybridized carbons (Fsp3) is 0.750. The van der Waals surface area contributed by atoms with Gasteiger partial charge in [-0.3, -0.25) is 16.0 Å². The Labute approximate surface area is 97.2 Å². The van der Waals surface area contributed by atoms with Gasteiger partial charge in [-0.2, -0.15) is 5.10 Å². The van der Waals surface area contributed by atoms with Crippen molar-refractivity contribution in [2.75, 3.05) is 0 Å². The van der Waals surface area contributed by atoms with E-state index in [4.69, 9.17) is 5.84 Å². The normalized spacial score (nSPS) is 17.7. The van der Waals surface area contributed by atoms with Gasteiger partial charge in [-0.05, 0) is 31.7 Å². The predicted octanol–water partition coefficient (Wildman–Crippen LogP) is 1.77. The smallest absolute Gasteiger partial charge is 0.0631 e. The maximum atomic E-state index is 5.66. The van der Waals surface area contributed by atoms with Gasteiger partial charge in [0.15, 0.2) is 0 Å². The molecule has 0 radical (unpaired) electrons. The SMILES string of the molecule is CCc1cc(C(CC2CC2)NN)n(CC)n1. The molecule has 4 heteroatoms. The first-order valence-electron chi connectivity index (χ1n) is 6.31. The summed E-state index contributed by atoms with van der Waals surface area (Å²) < 4.78 is 2.08. The first-order chi connectivity index (χ1) is 7.78. The van der Waals surface area contributed by atoms with E-state index < -0.39 is 0 Å². The Hall–Kier alpha value is -0.870. The summed E-state index contributed by atoms with van der Waals surface area (Å²) in [4.78, 5) is 0. The molecule has 0 spiro atoms. The number of nitrogens with one attached hydrogen (secondary N) is 1. The van der Waals surface area contributed by atoms with E-state index >= 15 is 0 Å². The first kappa shape index (κ1) is 11.6. The highest BCUT2D eigenvalue weighted by atomic mass is 15.3. The van der Waals surface area contributed by atoms with Gasteiger partial charge in [0, 0.05) is 6.54 Å². The van der Waals surface area contributed by atoms with E-state index in [-0.39, 0.29) is 6.04 Å². The van der Waals surface area contributed by atoms with Crippen molar-refractivity contribution in [3.8, 4) is 0 Å². The summed E-state index contributed by atoms with van der Waals surface area (Å²) in [6.45, 7) is 5.18. The molecule has 0 bridgehead atoms. The van der Waals surface area contributed by atoms with Crippen LogP contribution in [0.3, 0.4) is 0 Å². The lowest BCUT2D eigenvalue weighted by molar-refractivity contribution is 0.446. The second kappa shape index (κ2) is 4.97. The minimum atomic E-state index is 0.264. The topological polar surface area (TPSA) is 55.9 Å². The number of aryl methyl sites for hydroxylation is 2. The number of hydrogen-bond donors (Lipinski definition) is 2. The molecule has 1 aliphatic carbocycles. The summed E-state index contributed by atoms with van der Waals surface area (Å²) in [5, 5.41) is 4.56. The van der Waals surface area contributed by atoms with Crippen LogP contribution in [0.5, 0.6) is 0 Å². The van der Waals surface area contributed by atoms with Crippen molar-refractivity contribution in [3.63, 3.8) is 0 Å². The number of aromatic nitrogens is 2. The van der Waals surface area contributed by atoms with Gasteiger partial charge in [0.2, 0.25) is 0 Å². The second-order valence-electron chi connectivity index (χ2n) is 4.63. The standard InChI is InChI=1S/C12H22N4/c1-3-10-8-12(16(4-2)15-10)11(14-13)7-9-5-6-9/h8-9,11,14H,3-7,13H2,1-2H3. The van der Waals surface area contributed by atoms with Crippen molar-refractivity contribution in [2.24, 2.45) is 11.8 Å². The zero-order valence-corrected chi connectivity index (χ0v) is 10.2. The number of hydrogen-bond acceptors (Lipinski definition) is 3. The third-order valence-electron chi connectivity index (χ3n) is 3.35. The summed E-state index contributed by atoms with van der Waals surface area (Å²) in [6.07, 6.45) is 4.85. The number of rotatable bonds is 6. The first-order valence-corrected chi connectivity index (χ1v) is 6.31. The molecule has 1 aromatic heterocycles. The Balaban J connectivity index is 2.16. The predicted molar refractivity (Wildman–Crippen MR) is 64.7 cm³/mol. The van der Waals surface area contributed by atoms with Crippen molar-refractivity contribution in [3.05, 3.63) is 17.5 Å². The Kier molecular flexibility index (Phi) is 3.61. The lowest BCUT2D eigenvalue weighted by Gasteiger charge is -2.16. The largest absolute Gasteiger partial charge is 0.271 e. The highest BCUT2D eigenvalue weighted by molar-refractivity contribution is 5.15. The third kappa shape index (κ3) is 2.44. The van der Waals surface area contributed by atoms with E-state index in [0.29, 0.717) is 0 Å². The zero-order valence-electron chi connectivity index (χ0n) is 10.2. The van der Waals surface area contributed by atoms with E-state index in [1.807, 2.05) is 0 Å². The molecule has 0 amide bonds. The molecule has 0 aliphatic heterocycles. The number of nitrogens with two attached hydrogens (primary N) is 1. The fourth-order valence-corrected chi connectivity index (χ4v) is 2.15. The fourth-order valence-electron chi connectivity index (χ4n) is 2.15. The molecule has 1 atom stereocenters. The maximum Gasteiger partial charge on any atom is 0.0631 e. The van der Waals surface area contributed by atoms with Crippen LogP contribution in [0.15, 0.2) is 6.07 Å². The molecule has 1 aromatic rings. The maximum absolute atomic E-state index is 5.66. The molecular weight excluding hydrogens is 200 g/mol. The highest BCUT2D eigenvalue weighted by Crippen LogP contribution is 2.37. The summed E-state index contributed by atoms with van der Waals surface area (Å²) in [6, 6.07) is 2.46.